The molecule has 1 atom stereocenters. The van der Waals surface area contributed by atoms with Gasteiger partial charge >= 0.3 is 5.97 Å². The molecule has 1 unspecified atom stereocenters. The lowest BCUT2D eigenvalue weighted by Crippen LogP contribution is -2.29. The quantitative estimate of drug-likeness (QED) is 0.158. The third kappa shape index (κ3) is 8.27. The van der Waals surface area contributed by atoms with Crippen LogP contribution in [0.3, 0.4) is 0 Å². The van der Waals surface area contributed by atoms with Crippen molar-refractivity contribution in [3.05, 3.63) is 69.2 Å². The summed E-state index contributed by atoms with van der Waals surface area (Å²) in [7, 11) is 0. The highest BCUT2D eigenvalue weighted by Crippen LogP contribution is 2.41. The first kappa shape index (κ1) is 33.6. The number of thioether (sulfide) groups is 1. The van der Waals surface area contributed by atoms with Gasteiger partial charge in [-0.25, -0.2) is 9.97 Å². The molecule has 0 bridgehead atoms. The molecule has 0 spiro atoms. The van der Waals surface area contributed by atoms with Gasteiger partial charge in [0.15, 0.2) is 11.7 Å². The van der Waals surface area contributed by atoms with Crippen molar-refractivity contribution in [3.8, 4) is 11.8 Å². The molecule has 0 aromatic carbocycles. The Morgan fingerprint density at radius 3 is 2.28 bits per heavy atom. The largest absolute Gasteiger partial charge is 0.481 e. The summed E-state index contributed by atoms with van der Waals surface area (Å²) in [6.07, 6.45) is 2.41. The summed E-state index contributed by atoms with van der Waals surface area (Å²) in [6.45, 7) is 24.2. The predicted molar refractivity (Wildman–Crippen MR) is 160 cm³/mol. The Bertz CT molecular complexity index is 1300. The molecule has 39 heavy (non-hydrogen) atoms. The van der Waals surface area contributed by atoms with E-state index in [0.717, 1.165) is 17.4 Å². The van der Waals surface area contributed by atoms with Gasteiger partial charge in [0.2, 0.25) is 0 Å². The van der Waals surface area contributed by atoms with Gasteiger partial charge in [-0.05, 0) is 88.7 Å². The van der Waals surface area contributed by atoms with E-state index >= 15 is 0 Å². The molecule has 0 aliphatic carbocycles. The molecule has 210 valence electrons. The van der Waals surface area contributed by atoms with Crippen molar-refractivity contribution in [3.63, 3.8) is 0 Å². The van der Waals surface area contributed by atoms with Crippen molar-refractivity contribution >= 4 is 35.4 Å². The van der Waals surface area contributed by atoms with Crippen molar-refractivity contribution in [1.29, 1.82) is 0 Å². The summed E-state index contributed by atoms with van der Waals surface area (Å²) >= 11 is 1.24. The number of aromatic nitrogens is 2. The van der Waals surface area contributed by atoms with E-state index in [1.165, 1.54) is 17.8 Å². The third-order valence-corrected chi connectivity index (χ3v) is 7.78. The fraction of sp³-hybridized carbons (Fsp3) is 0.419. The number of carboxylic acid groups (broad SMARTS) is 1. The number of carboxylic acids is 1. The fourth-order valence-corrected chi connectivity index (χ4v) is 4.72. The Balaban J connectivity index is 3.53. The van der Waals surface area contributed by atoms with Crippen LogP contribution in [0.15, 0.2) is 52.1 Å². The molecule has 1 aromatic rings. The number of hydrogen-bond donors (Lipinski definition) is 2. The first-order valence-electron chi connectivity index (χ1n) is 12.5. The highest BCUT2D eigenvalue weighted by Gasteiger charge is 2.35. The standard InChI is InChI=1S/C31H40FN3O3S/c1-12-13-24(32)14-25(20(5)18(2)3)21(6)28-34-22(7)26(27(33)35-28)31(11,17-36)23(8)39-16-19(4)15-30(9,10)29(37)38/h14,16-18H,6,8,15H2,1-5,7,9-11H3,(H,37,38)(H2,33,34,35)/b19-16+,24-14+,25-20-. The maximum atomic E-state index is 14.4. The molecule has 0 aliphatic rings. The Labute approximate surface area is 236 Å². The molecule has 0 amide bonds. The number of nitrogens with two attached hydrogens (primary N) is 1. The molecule has 0 saturated carbocycles. The van der Waals surface area contributed by atoms with Crippen LogP contribution in [-0.4, -0.2) is 27.3 Å². The SMILES string of the molecule is C=C(C(/C=C(/F)C#CC)=C(/C)C(C)C)c1nc(C)c(C(C)(C=O)C(=C)S/C=C(\C)CC(C)(C)C(=O)O)c(N)n1. The molecular formula is C31H40FN3O3S. The Hall–Kier alpha value is -3.44. The number of anilines is 1. The van der Waals surface area contributed by atoms with Gasteiger partial charge in [-0.2, -0.15) is 4.39 Å². The van der Waals surface area contributed by atoms with Crippen LogP contribution in [0, 0.1) is 30.1 Å². The highest BCUT2D eigenvalue weighted by atomic mass is 32.2. The van der Waals surface area contributed by atoms with Crippen molar-refractivity contribution in [1.82, 2.24) is 9.97 Å². The van der Waals surface area contributed by atoms with E-state index < -0.39 is 22.6 Å². The number of halogens is 1. The number of rotatable bonds is 12. The zero-order chi connectivity index (χ0) is 30.3. The van der Waals surface area contributed by atoms with Crippen LogP contribution in [0.5, 0.6) is 0 Å². The summed E-state index contributed by atoms with van der Waals surface area (Å²) in [5, 5.41) is 11.2. The second-order valence-electron chi connectivity index (χ2n) is 10.7. The predicted octanol–water partition coefficient (Wildman–Crippen LogP) is 7.34. The number of hydrogen-bond acceptors (Lipinski definition) is 6. The van der Waals surface area contributed by atoms with Gasteiger partial charge in [-0.3, -0.25) is 4.79 Å². The van der Waals surface area contributed by atoms with E-state index in [2.05, 4.69) is 35.0 Å². The van der Waals surface area contributed by atoms with Crippen LogP contribution in [0.4, 0.5) is 10.2 Å². The topological polar surface area (TPSA) is 106 Å². The third-order valence-electron chi connectivity index (χ3n) is 6.56. The summed E-state index contributed by atoms with van der Waals surface area (Å²) < 4.78 is 14.4. The van der Waals surface area contributed by atoms with Crippen LogP contribution in [0.25, 0.3) is 5.57 Å². The molecule has 0 aliphatic heterocycles. The number of aldehydes is 1. The van der Waals surface area contributed by atoms with E-state index in [4.69, 9.17) is 5.73 Å². The lowest BCUT2D eigenvalue weighted by atomic mass is 9.82. The summed E-state index contributed by atoms with van der Waals surface area (Å²) in [5.74, 6) is 3.85. The zero-order valence-electron chi connectivity index (χ0n) is 24.5. The molecule has 6 nitrogen and oxygen atoms in total. The van der Waals surface area contributed by atoms with Crippen LogP contribution in [-0.2, 0) is 15.0 Å². The van der Waals surface area contributed by atoms with Gasteiger partial charge in [0.25, 0.3) is 0 Å². The van der Waals surface area contributed by atoms with E-state index in [1.54, 1.807) is 40.0 Å². The molecule has 1 rings (SSSR count). The summed E-state index contributed by atoms with van der Waals surface area (Å²) in [5.41, 5.74) is 7.75. The van der Waals surface area contributed by atoms with Gasteiger partial charge in [0, 0.05) is 16.8 Å². The van der Waals surface area contributed by atoms with Crippen molar-refractivity contribution in [2.24, 2.45) is 11.3 Å². The molecule has 1 heterocycles. The molecular weight excluding hydrogens is 513 g/mol. The van der Waals surface area contributed by atoms with Crippen LogP contribution in [0.1, 0.15) is 78.9 Å². The van der Waals surface area contributed by atoms with Crippen molar-refractivity contribution < 1.29 is 19.1 Å². The summed E-state index contributed by atoms with van der Waals surface area (Å²) in [4.78, 5) is 33.5. The smallest absolute Gasteiger partial charge is 0.309 e. The number of aryl methyl sites for hydroxylation is 1. The van der Waals surface area contributed by atoms with Crippen molar-refractivity contribution in [2.75, 3.05) is 5.73 Å². The van der Waals surface area contributed by atoms with Crippen LogP contribution in [0.2, 0.25) is 0 Å². The van der Waals surface area contributed by atoms with Gasteiger partial charge in [0.1, 0.15) is 12.1 Å². The number of nitrogen functional groups attached to an aromatic ring is 1. The number of allylic oxidation sites excluding steroid dienone is 7. The number of nitrogens with zero attached hydrogens (tertiary/aromatic N) is 2. The Morgan fingerprint density at radius 2 is 1.82 bits per heavy atom. The monoisotopic (exact) mass is 553 g/mol. The Kier molecular flexibility index (Phi) is 11.7. The molecule has 0 fully saturated rings. The number of aliphatic carboxylic acids is 1. The van der Waals surface area contributed by atoms with Gasteiger partial charge < -0.3 is 15.6 Å². The molecule has 0 radical (unpaired) electrons. The minimum absolute atomic E-state index is 0.0852. The lowest BCUT2D eigenvalue weighted by Gasteiger charge is -2.28. The highest BCUT2D eigenvalue weighted by molar-refractivity contribution is 8.05. The normalized spacial score (nSPS) is 14.6. The van der Waals surface area contributed by atoms with Crippen LogP contribution >= 0.6 is 11.8 Å². The minimum Gasteiger partial charge on any atom is -0.481 e. The van der Waals surface area contributed by atoms with E-state index in [9.17, 15) is 19.1 Å². The van der Waals surface area contributed by atoms with E-state index in [-0.39, 0.29) is 17.6 Å². The second kappa shape index (κ2) is 13.6. The summed E-state index contributed by atoms with van der Waals surface area (Å²) in [6, 6.07) is 0. The number of carbonyl (C=O) groups excluding carboxylic acids is 1. The van der Waals surface area contributed by atoms with E-state index in [0.29, 0.717) is 33.7 Å². The van der Waals surface area contributed by atoms with E-state index in [1.807, 2.05) is 27.7 Å². The molecule has 0 saturated heterocycles. The minimum atomic E-state index is -1.23. The van der Waals surface area contributed by atoms with Crippen LogP contribution < -0.4 is 5.73 Å². The van der Waals surface area contributed by atoms with Gasteiger partial charge in [-0.15, -0.1) is 11.8 Å². The second-order valence-corrected chi connectivity index (χ2v) is 11.6. The zero-order valence-corrected chi connectivity index (χ0v) is 25.3. The van der Waals surface area contributed by atoms with Crippen molar-refractivity contribution in [2.45, 2.75) is 74.1 Å². The average molecular weight is 554 g/mol. The maximum absolute atomic E-state index is 14.4. The lowest BCUT2D eigenvalue weighted by molar-refractivity contribution is -0.146. The number of carbonyl (C=O) groups is 2. The first-order valence-corrected chi connectivity index (χ1v) is 13.4. The molecule has 3 N–H and O–H groups in total. The molecule has 8 heteroatoms. The first-order chi connectivity index (χ1) is 17.9. The average Bonchev–Trinajstić information content (AvgIpc) is 2.83. The Morgan fingerprint density at radius 1 is 1.23 bits per heavy atom. The maximum Gasteiger partial charge on any atom is 0.309 e. The van der Waals surface area contributed by atoms with Gasteiger partial charge in [-0.1, -0.05) is 44.1 Å². The molecule has 1 aromatic heterocycles. The fourth-order valence-electron chi connectivity index (χ4n) is 3.90. The van der Waals surface area contributed by atoms with Gasteiger partial charge in [0.05, 0.1) is 10.8 Å².